The molecule has 0 aliphatic heterocycles. The zero-order chi connectivity index (χ0) is 17.9. The summed E-state index contributed by atoms with van der Waals surface area (Å²) >= 11 is 0. The Hall–Kier alpha value is -2.44. The molecule has 0 bridgehead atoms. The summed E-state index contributed by atoms with van der Waals surface area (Å²) in [5.74, 6) is -0.926. The van der Waals surface area contributed by atoms with Crippen molar-refractivity contribution in [3.05, 3.63) is 56.7 Å². The van der Waals surface area contributed by atoms with Gasteiger partial charge in [-0.2, -0.15) is 0 Å². The lowest BCUT2D eigenvalue weighted by Gasteiger charge is -2.18. The predicted molar refractivity (Wildman–Crippen MR) is 89.7 cm³/mol. The number of benzene rings is 1. The minimum absolute atomic E-state index is 0.0671. The van der Waals surface area contributed by atoms with E-state index in [1.165, 1.54) is 6.07 Å². The molecule has 1 aromatic heterocycles. The van der Waals surface area contributed by atoms with Crippen LogP contribution in [0.15, 0.2) is 33.9 Å². The summed E-state index contributed by atoms with van der Waals surface area (Å²) in [7, 11) is 0. The monoisotopic (exact) mass is 337 g/mol. The van der Waals surface area contributed by atoms with Crippen molar-refractivity contribution in [2.24, 2.45) is 5.92 Å². The number of rotatable bonds is 6. The molecule has 0 radical (unpaired) electrons. The minimum Gasteiger partial charge on any atom is -0.369 e. The fourth-order valence-electron chi connectivity index (χ4n) is 2.58. The Morgan fingerprint density at radius 3 is 2.29 bits per heavy atom. The molecule has 2 aromatic rings. The van der Waals surface area contributed by atoms with E-state index in [1.807, 2.05) is 6.92 Å². The van der Waals surface area contributed by atoms with Gasteiger partial charge in [-0.15, -0.1) is 0 Å². The van der Waals surface area contributed by atoms with E-state index in [1.54, 1.807) is 0 Å². The third-order valence-corrected chi connectivity index (χ3v) is 3.89. The van der Waals surface area contributed by atoms with Crippen molar-refractivity contribution in [1.82, 2.24) is 9.55 Å². The molecule has 130 valence electrons. The molecule has 1 heterocycles. The maximum atomic E-state index is 13.3. The van der Waals surface area contributed by atoms with E-state index in [4.69, 9.17) is 0 Å². The Morgan fingerprint density at radius 1 is 1.12 bits per heavy atom. The van der Waals surface area contributed by atoms with Crippen LogP contribution in [0.1, 0.15) is 33.6 Å². The largest absolute Gasteiger partial charge is 0.369 e. The fourth-order valence-corrected chi connectivity index (χ4v) is 2.58. The van der Waals surface area contributed by atoms with E-state index >= 15 is 0 Å². The Kier molecular flexibility index (Phi) is 5.54. The van der Waals surface area contributed by atoms with Gasteiger partial charge in [0, 0.05) is 18.2 Å². The topological polar surface area (TPSA) is 66.9 Å². The Labute approximate surface area is 138 Å². The lowest BCUT2D eigenvalue weighted by atomic mass is 10.0. The zero-order valence-electron chi connectivity index (χ0n) is 13.9. The first kappa shape index (κ1) is 17.9. The van der Waals surface area contributed by atoms with E-state index < -0.39 is 22.9 Å². The smallest absolute Gasteiger partial charge is 0.334 e. The van der Waals surface area contributed by atoms with Crippen LogP contribution in [-0.4, -0.2) is 15.6 Å². The molecule has 0 aliphatic carbocycles. The molecule has 2 atom stereocenters. The fraction of sp³-hybridized carbons (Fsp3) is 0.412. The number of aromatic nitrogens is 2. The Bertz CT molecular complexity index is 778. The lowest BCUT2D eigenvalue weighted by molar-refractivity contribution is 0.483. The summed E-state index contributed by atoms with van der Waals surface area (Å²) in [6, 6.07) is 3.81. The highest BCUT2D eigenvalue weighted by atomic mass is 19.1. The molecule has 2 rings (SSSR count). The van der Waals surface area contributed by atoms with Crippen molar-refractivity contribution in [3.63, 3.8) is 0 Å². The van der Waals surface area contributed by atoms with E-state index in [9.17, 15) is 18.4 Å². The van der Waals surface area contributed by atoms with Gasteiger partial charge in [-0.05, 0) is 31.4 Å². The zero-order valence-corrected chi connectivity index (χ0v) is 13.9. The highest BCUT2D eigenvalue weighted by Crippen LogP contribution is 2.13. The molecule has 24 heavy (non-hydrogen) atoms. The van der Waals surface area contributed by atoms with E-state index in [0.29, 0.717) is 16.6 Å². The first-order valence-electron chi connectivity index (χ1n) is 7.89. The van der Waals surface area contributed by atoms with Gasteiger partial charge in [0.2, 0.25) is 0 Å². The number of hydrogen-bond acceptors (Lipinski definition) is 3. The van der Waals surface area contributed by atoms with Crippen molar-refractivity contribution in [2.75, 3.05) is 5.32 Å². The quantitative estimate of drug-likeness (QED) is 0.851. The predicted octanol–water partition coefficient (Wildman–Crippen LogP) is 3.04. The number of H-pyrrole nitrogens is 1. The molecular formula is C17H21F2N3O2. The number of hydrogen-bond donors (Lipinski definition) is 2. The SMILES string of the molecule is CCC(C)CC(C)Nc1cc(=O)n(-c2cc(F)cc(F)c2)c(=O)[nH]1. The second-order valence-electron chi connectivity index (χ2n) is 6.08. The standard InChI is InChI=1S/C17H21F2N3O2/c1-4-10(2)5-11(3)20-15-9-16(23)22(17(24)21-15)14-7-12(18)6-13(19)8-14/h6-11,20H,4-5H2,1-3H3,(H,21,24). The van der Waals surface area contributed by atoms with Crippen molar-refractivity contribution in [1.29, 1.82) is 0 Å². The summed E-state index contributed by atoms with van der Waals surface area (Å²) in [6.45, 7) is 6.17. The molecule has 1 aromatic carbocycles. The first-order valence-corrected chi connectivity index (χ1v) is 7.89. The van der Waals surface area contributed by atoms with Crippen molar-refractivity contribution in [2.45, 2.75) is 39.7 Å². The third kappa shape index (κ3) is 4.31. The lowest BCUT2D eigenvalue weighted by Crippen LogP contribution is -2.34. The molecule has 2 N–H and O–H groups in total. The van der Waals surface area contributed by atoms with Gasteiger partial charge >= 0.3 is 5.69 Å². The maximum Gasteiger partial charge on any atom is 0.334 e. The normalized spacial score (nSPS) is 13.5. The second kappa shape index (κ2) is 7.42. The molecule has 0 aliphatic rings. The van der Waals surface area contributed by atoms with Gasteiger partial charge in [0.15, 0.2) is 0 Å². The summed E-state index contributed by atoms with van der Waals surface area (Å²) < 4.78 is 27.3. The summed E-state index contributed by atoms with van der Waals surface area (Å²) in [4.78, 5) is 26.9. The van der Waals surface area contributed by atoms with Gasteiger partial charge in [-0.3, -0.25) is 9.78 Å². The molecule has 0 amide bonds. The van der Waals surface area contributed by atoms with Crippen LogP contribution < -0.4 is 16.6 Å². The molecule has 2 unspecified atom stereocenters. The molecule has 5 nitrogen and oxygen atoms in total. The van der Waals surface area contributed by atoms with Crippen LogP contribution in [-0.2, 0) is 0 Å². The molecular weight excluding hydrogens is 316 g/mol. The van der Waals surface area contributed by atoms with Crippen LogP contribution in [0.4, 0.5) is 14.6 Å². The number of nitrogens with zero attached hydrogens (tertiary/aromatic N) is 1. The molecule has 0 fully saturated rings. The van der Waals surface area contributed by atoms with Gasteiger partial charge in [0.1, 0.15) is 17.5 Å². The Balaban J connectivity index is 2.32. The highest BCUT2D eigenvalue weighted by Gasteiger charge is 2.12. The summed E-state index contributed by atoms with van der Waals surface area (Å²) in [5.41, 5.74) is -1.58. The highest BCUT2D eigenvalue weighted by molar-refractivity contribution is 5.37. The van der Waals surface area contributed by atoms with Crippen molar-refractivity contribution < 1.29 is 8.78 Å². The average molecular weight is 337 g/mol. The number of halogens is 2. The molecule has 0 saturated heterocycles. The van der Waals surface area contributed by atoms with E-state index in [2.05, 4.69) is 24.1 Å². The van der Waals surface area contributed by atoms with Gasteiger partial charge < -0.3 is 5.32 Å². The van der Waals surface area contributed by atoms with Gasteiger partial charge in [0.05, 0.1) is 5.69 Å². The van der Waals surface area contributed by atoms with Gasteiger partial charge in [0.25, 0.3) is 5.56 Å². The van der Waals surface area contributed by atoms with Gasteiger partial charge in [-0.25, -0.2) is 18.1 Å². The van der Waals surface area contributed by atoms with Gasteiger partial charge in [-0.1, -0.05) is 20.3 Å². The molecule has 7 heteroatoms. The minimum atomic E-state index is -0.860. The molecule has 0 spiro atoms. The van der Waals surface area contributed by atoms with Crippen LogP contribution in [0.5, 0.6) is 0 Å². The summed E-state index contributed by atoms with van der Waals surface area (Å²) in [5, 5.41) is 3.07. The second-order valence-corrected chi connectivity index (χ2v) is 6.08. The van der Waals surface area contributed by atoms with Crippen LogP contribution in [0.25, 0.3) is 5.69 Å². The van der Waals surface area contributed by atoms with Crippen LogP contribution in [0.3, 0.4) is 0 Å². The van der Waals surface area contributed by atoms with Crippen molar-refractivity contribution in [3.8, 4) is 5.69 Å². The van der Waals surface area contributed by atoms with Crippen LogP contribution in [0.2, 0.25) is 0 Å². The number of aromatic amines is 1. The third-order valence-electron chi connectivity index (χ3n) is 3.89. The Morgan fingerprint density at radius 2 is 1.75 bits per heavy atom. The van der Waals surface area contributed by atoms with Crippen LogP contribution >= 0.6 is 0 Å². The van der Waals surface area contributed by atoms with Crippen LogP contribution in [0, 0.1) is 17.6 Å². The number of anilines is 1. The van der Waals surface area contributed by atoms with E-state index in [-0.39, 0.29) is 17.5 Å². The summed E-state index contributed by atoms with van der Waals surface area (Å²) in [6.07, 6.45) is 1.92. The number of nitrogens with one attached hydrogen (secondary N) is 2. The van der Waals surface area contributed by atoms with E-state index in [0.717, 1.165) is 25.0 Å². The maximum absolute atomic E-state index is 13.3. The average Bonchev–Trinajstić information content (AvgIpc) is 2.45. The van der Waals surface area contributed by atoms with Crippen molar-refractivity contribution >= 4 is 5.82 Å². The first-order chi connectivity index (χ1) is 11.3. The molecule has 0 saturated carbocycles.